The first-order chi connectivity index (χ1) is 13.6. The molecule has 1 aromatic carbocycles. The standard InChI is InChI=1S/C23H31N3O2/c1-25(2)23(27)12-11-19-8-6-14-26(16-19)17-20-7-5-10-22(15-20)28-18-21-9-3-4-13-24-21/h3-5,7,9-10,13,15,19H,6,8,11-12,14,16-18H2,1-2H3/t19-/m1/s1. The molecule has 5 heteroatoms. The van der Waals surface area contributed by atoms with E-state index in [1.54, 1.807) is 11.1 Å². The van der Waals surface area contributed by atoms with E-state index in [1.807, 2.05) is 38.4 Å². The zero-order valence-corrected chi connectivity index (χ0v) is 17.0. The fourth-order valence-corrected chi connectivity index (χ4v) is 3.71. The first-order valence-electron chi connectivity index (χ1n) is 10.1. The van der Waals surface area contributed by atoms with Crippen molar-refractivity contribution in [2.24, 2.45) is 5.92 Å². The summed E-state index contributed by atoms with van der Waals surface area (Å²) in [5, 5.41) is 0. The fourth-order valence-electron chi connectivity index (χ4n) is 3.71. The fraction of sp³-hybridized carbons (Fsp3) is 0.478. The van der Waals surface area contributed by atoms with Gasteiger partial charge in [0.25, 0.3) is 0 Å². The van der Waals surface area contributed by atoms with Gasteiger partial charge in [-0.05, 0) is 61.6 Å². The molecule has 1 amide bonds. The van der Waals surface area contributed by atoms with Crippen molar-refractivity contribution < 1.29 is 9.53 Å². The number of amides is 1. The van der Waals surface area contributed by atoms with E-state index in [0.29, 0.717) is 18.9 Å². The zero-order valence-electron chi connectivity index (χ0n) is 17.0. The Morgan fingerprint density at radius 1 is 1.25 bits per heavy atom. The van der Waals surface area contributed by atoms with Gasteiger partial charge in [-0.2, -0.15) is 0 Å². The van der Waals surface area contributed by atoms with Crippen molar-refractivity contribution in [2.45, 2.75) is 38.8 Å². The number of aromatic nitrogens is 1. The maximum absolute atomic E-state index is 11.9. The third kappa shape index (κ3) is 6.34. The molecule has 0 aliphatic carbocycles. The minimum absolute atomic E-state index is 0.231. The molecule has 1 aromatic heterocycles. The van der Waals surface area contributed by atoms with Crippen molar-refractivity contribution in [2.75, 3.05) is 27.2 Å². The molecule has 0 bridgehead atoms. The lowest BCUT2D eigenvalue weighted by Crippen LogP contribution is -2.35. The molecule has 150 valence electrons. The average Bonchev–Trinajstić information content (AvgIpc) is 2.72. The van der Waals surface area contributed by atoms with Crippen molar-refractivity contribution in [3.63, 3.8) is 0 Å². The number of likely N-dealkylation sites (tertiary alicyclic amines) is 1. The Balaban J connectivity index is 1.49. The van der Waals surface area contributed by atoms with Crippen molar-refractivity contribution >= 4 is 5.91 Å². The third-order valence-electron chi connectivity index (χ3n) is 5.29. The number of benzene rings is 1. The van der Waals surface area contributed by atoms with E-state index in [9.17, 15) is 4.79 Å². The van der Waals surface area contributed by atoms with E-state index >= 15 is 0 Å². The second kappa shape index (κ2) is 10.2. The van der Waals surface area contributed by atoms with Crippen LogP contribution < -0.4 is 4.74 Å². The van der Waals surface area contributed by atoms with Gasteiger partial charge in [-0.15, -0.1) is 0 Å². The molecule has 1 atom stereocenters. The number of nitrogens with zero attached hydrogens (tertiary/aromatic N) is 3. The minimum atomic E-state index is 0.231. The van der Waals surface area contributed by atoms with E-state index in [2.05, 4.69) is 28.1 Å². The lowest BCUT2D eigenvalue weighted by Gasteiger charge is -2.33. The highest BCUT2D eigenvalue weighted by molar-refractivity contribution is 5.75. The van der Waals surface area contributed by atoms with Gasteiger partial charge in [0.1, 0.15) is 12.4 Å². The van der Waals surface area contributed by atoms with E-state index in [4.69, 9.17) is 4.74 Å². The molecule has 0 unspecified atom stereocenters. The monoisotopic (exact) mass is 381 g/mol. The number of piperidine rings is 1. The highest BCUT2D eigenvalue weighted by atomic mass is 16.5. The van der Waals surface area contributed by atoms with Crippen LogP contribution in [0.3, 0.4) is 0 Å². The van der Waals surface area contributed by atoms with Gasteiger partial charge in [-0.25, -0.2) is 0 Å². The zero-order chi connectivity index (χ0) is 19.8. The van der Waals surface area contributed by atoms with Gasteiger partial charge in [-0.3, -0.25) is 14.7 Å². The van der Waals surface area contributed by atoms with Crippen LogP contribution in [0.5, 0.6) is 5.75 Å². The lowest BCUT2D eigenvalue weighted by molar-refractivity contribution is -0.129. The lowest BCUT2D eigenvalue weighted by atomic mass is 9.93. The third-order valence-corrected chi connectivity index (χ3v) is 5.29. The quantitative estimate of drug-likeness (QED) is 0.699. The SMILES string of the molecule is CN(C)C(=O)CC[C@H]1CCCN(Cc2cccc(OCc3ccccn3)c2)C1. The first-order valence-corrected chi connectivity index (χ1v) is 10.1. The molecular formula is C23H31N3O2. The Kier molecular flexibility index (Phi) is 7.43. The van der Waals surface area contributed by atoms with Crippen molar-refractivity contribution in [3.05, 3.63) is 59.9 Å². The summed E-state index contributed by atoms with van der Waals surface area (Å²) in [7, 11) is 3.66. The number of pyridine rings is 1. The van der Waals surface area contributed by atoms with Crippen LogP contribution in [0.4, 0.5) is 0 Å². The molecule has 1 saturated heterocycles. The molecule has 1 aliphatic heterocycles. The summed E-state index contributed by atoms with van der Waals surface area (Å²) in [5.41, 5.74) is 2.20. The maximum atomic E-state index is 11.9. The normalized spacial score (nSPS) is 17.3. The van der Waals surface area contributed by atoms with E-state index < -0.39 is 0 Å². The molecule has 0 radical (unpaired) electrons. The summed E-state index contributed by atoms with van der Waals surface area (Å²) in [6.07, 6.45) is 5.86. The smallest absolute Gasteiger partial charge is 0.222 e. The highest BCUT2D eigenvalue weighted by Crippen LogP contribution is 2.24. The predicted octanol–water partition coefficient (Wildman–Crippen LogP) is 3.74. The minimum Gasteiger partial charge on any atom is -0.487 e. The van der Waals surface area contributed by atoms with Gasteiger partial charge in [-0.1, -0.05) is 18.2 Å². The Morgan fingerprint density at radius 3 is 2.93 bits per heavy atom. The number of carbonyl (C=O) groups is 1. The van der Waals surface area contributed by atoms with Crippen LogP contribution in [0.2, 0.25) is 0 Å². The van der Waals surface area contributed by atoms with Crippen LogP contribution in [0.1, 0.15) is 36.9 Å². The summed E-state index contributed by atoms with van der Waals surface area (Å²) >= 11 is 0. The molecule has 2 aromatic rings. The number of hydrogen-bond donors (Lipinski definition) is 0. The van der Waals surface area contributed by atoms with Crippen molar-refractivity contribution in [1.82, 2.24) is 14.8 Å². The molecular weight excluding hydrogens is 350 g/mol. The average molecular weight is 382 g/mol. The van der Waals surface area contributed by atoms with Crippen LogP contribution in [0.15, 0.2) is 48.7 Å². The molecule has 5 nitrogen and oxygen atoms in total. The van der Waals surface area contributed by atoms with Crippen LogP contribution in [0.25, 0.3) is 0 Å². The van der Waals surface area contributed by atoms with Gasteiger partial charge >= 0.3 is 0 Å². The summed E-state index contributed by atoms with van der Waals surface area (Å²) < 4.78 is 5.91. The Labute approximate surface area is 168 Å². The summed E-state index contributed by atoms with van der Waals surface area (Å²) in [4.78, 5) is 20.3. The Hall–Kier alpha value is -2.40. The molecule has 0 N–H and O–H groups in total. The molecule has 0 spiro atoms. The second-order valence-corrected chi connectivity index (χ2v) is 7.83. The predicted molar refractivity (Wildman–Crippen MR) is 111 cm³/mol. The van der Waals surface area contributed by atoms with Gasteiger partial charge in [0.15, 0.2) is 0 Å². The van der Waals surface area contributed by atoms with Crippen molar-refractivity contribution in [3.8, 4) is 5.75 Å². The van der Waals surface area contributed by atoms with Gasteiger partial charge < -0.3 is 9.64 Å². The molecule has 1 aliphatic rings. The Morgan fingerprint density at radius 2 is 2.14 bits per heavy atom. The molecule has 1 fully saturated rings. The highest BCUT2D eigenvalue weighted by Gasteiger charge is 2.21. The van der Waals surface area contributed by atoms with Crippen LogP contribution in [0, 0.1) is 5.92 Å². The number of ether oxygens (including phenoxy) is 1. The van der Waals surface area contributed by atoms with E-state index in [-0.39, 0.29) is 5.91 Å². The molecule has 3 rings (SSSR count). The van der Waals surface area contributed by atoms with Gasteiger partial charge in [0.2, 0.25) is 5.91 Å². The number of hydrogen-bond acceptors (Lipinski definition) is 4. The number of carbonyl (C=O) groups excluding carboxylic acids is 1. The van der Waals surface area contributed by atoms with Crippen molar-refractivity contribution in [1.29, 1.82) is 0 Å². The number of rotatable bonds is 8. The Bertz CT molecular complexity index is 749. The van der Waals surface area contributed by atoms with Crippen LogP contribution in [-0.4, -0.2) is 47.9 Å². The summed E-state index contributed by atoms with van der Waals surface area (Å²) in [6.45, 7) is 3.60. The first kappa shape index (κ1) is 20.3. The second-order valence-electron chi connectivity index (χ2n) is 7.83. The molecule has 0 saturated carbocycles. The summed E-state index contributed by atoms with van der Waals surface area (Å²) in [6, 6.07) is 14.2. The van der Waals surface area contributed by atoms with Gasteiger partial charge in [0.05, 0.1) is 5.69 Å². The van der Waals surface area contributed by atoms with E-state index in [1.165, 1.54) is 18.4 Å². The van der Waals surface area contributed by atoms with Crippen LogP contribution in [-0.2, 0) is 17.9 Å². The van der Waals surface area contributed by atoms with Crippen LogP contribution >= 0.6 is 0 Å². The summed E-state index contributed by atoms with van der Waals surface area (Å²) in [5.74, 6) is 1.73. The maximum Gasteiger partial charge on any atom is 0.222 e. The van der Waals surface area contributed by atoms with Gasteiger partial charge in [0, 0.05) is 39.8 Å². The largest absolute Gasteiger partial charge is 0.487 e. The molecule has 2 heterocycles. The topological polar surface area (TPSA) is 45.7 Å². The van der Waals surface area contributed by atoms with E-state index in [0.717, 1.165) is 37.5 Å². The molecule has 28 heavy (non-hydrogen) atoms.